The first-order valence-corrected chi connectivity index (χ1v) is 8.86. The minimum absolute atomic E-state index is 0.104. The van der Waals surface area contributed by atoms with Crippen LogP contribution >= 0.6 is 0 Å². The number of hydrogen-bond donors (Lipinski definition) is 1. The molecular formula is C18H24F3NO4. The number of aliphatic carboxylic acids is 1. The molecule has 8 heteroatoms. The number of alkyl halides is 3. The lowest BCUT2D eigenvalue weighted by molar-refractivity contribution is -0.151. The number of esters is 1. The monoisotopic (exact) mass is 375 g/mol. The average molecular weight is 375 g/mol. The van der Waals surface area contributed by atoms with Gasteiger partial charge < -0.3 is 9.84 Å². The second-order valence-corrected chi connectivity index (χ2v) is 7.08. The van der Waals surface area contributed by atoms with Crippen LogP contribution in [0.4, 0.5) is 13.2 Å². The van der Waals surface area contributed by atoms with E-state index in [-0.39, 0.29) is 23.7 Å². The largest absolute Gasteiger partial charge is 0.478 e. The van der Waals surface area contributed by atoms with Crippen molar-refractivity contribution in [3.05, 3.63) is 11.1 Å². The Labute approximate surface area is 150 Å². The SMILES string of the molecule is CCOC(=O)[C@@H]1CC[C@H](CC2CC(C(F)(F)F)=C(C(=O)O)C=N2)C[C@@H]1C. The first-order chi connectivity index (χ1) is 12.1. The molecule has 26 heavy (non-hydrogen) atoms. The summed E-state index contributed by atoms with van der Waals surface area (Å²) in [5.41, 5.74) is -1.79. The Morgan fingerprint density at radius 1 is 1.35 bits per heavy atom. The fourth-order valence-electron chi connectivity index (χ4n) is 3.96. The van der Waals surface area contributed by atoms with Crippen molar-refractivity contribution >= 4 is 18.2 Å². The third-order valence-electron chi connectivity index (χ3n) is 5.22. The van der Waals surface area contributed by atoms with Gasteiger partial charge >= 0.3 is 18.1 Å². The van der Waals surface area contributed by atoms with E-state index in [1.165, 1.54) is 0 Å². The Hall–Kier alpha value is -1.86. The van der Waals surface area contributed by atoms with Crippen molar-refractivity contribution in [2.45, 2.75) is 58.2 Å². The van der Waals surface area contributed by atoms with Crippen LogP contribution in [0, 0.1) is 17.8 Å². The molecule has 146 valence electrons. The number of aliphatic imine (C=N–C) groups is 1. The second kappa shape index (κ2) is 8.22. The van der Waals surface area contributed by atoms with Gasteiger partial charge in [-0.3, -0.25) is 9.79 Å². The van der Waals surface area contributed by atoms with Gasteiger partial charge in [0, 0.05) is 12.6 Å². The minimum Gasteiger partial charge on any atom is -0.478 e. The number of dihydropyridines is 1. The summed E-state index contributed by atoms with van der Waals surface area (Å²) in [6.07, 6.45) is -1.66. The zero-order valence-corrected chi connectivity index (χ0v) is 14.9. The number of rotatable bonds is 5. The van der Waals surface area contributed by atoms with Gasteiger partial charge in [-0.25, -0.2) is 4.79 Å². The zero-order valence-electron chi connectivity index (χ0n) is 14.9. The van der Waals surface area contributed by atoms with E-state index in [0.29, 0.717) is 19.4 Å². The van der Waals surface area contributed by atoms with Gasteiger partial charge in [-0.15, -0.1) is 0 Å². The highest BCUT2D eigenvalue weighted by atomic mass is 19.4. The maximum atomic E-state index is 13.1. The Kier molecular flexibility index (Phi) is 6.47. The summed E-state index contributed by atoms with van der Waals surface area (Å²) in [6, 6.07) is -0.578. The number of hydrogen-bond acceptors (Lipinski definition) is 4. The summed E-state index contributed by atoms with van der Waals surface area (Å²) in [6.45, 7) is 4.05. The lowest BCUT2D eigenvalue weighted by atomic mass is 9.72. The number of carbonyl (C=O) groups excluding carboxylic acids is 1. The lowest BCUT2D eigenvalue weighted by Gasteiger charge is -2.34. The molecule has 1 fully saturated rings. The zero-order chi connectivity index (χ0) is 19.5. The molecule has 0 saturated heterocycles. The van der Waals surface area contributed by atoms with Crippen LogP contribution in [0.5, 0.6) is 0 Å². The highest BCUT2D eigenvalue weighted by Crippen LogP contribution is 2.40. The van der Waals surface area contributed by atoms with Crippen molar-refractivity contribution in [1.82, 2.24) is 0 Å². The molecule has 0 bridgehead atoms. The van der Waals surface area contributed by atoms with Gasteiger partial charge in [-0.1, -0.05) is 6.92 Å². The average Bonchev–Trinajstić information content (AvgIpc) is 2.54. The fourth-order valence-corrected chi connectivity index (χ4v) is 3.96. The van der Waals surface area contributed by atoms with Gasteiger partial charge in [-0.05, 0) is 44.4 Å². The Morgan fingerprint density at radius 2 is 2.04 bits per heavy atom. The van der Waals surface area contributed by atoms with E-state index in [1.54, 1.807) is 6.92 Å². The highest BCUT2D eigenvalue weighted by Gasteiger charge is 2.41. The molecule has 0 spiro atoms. The number of carbonyl (C=O) groups is 2. The third-order valence-corrected chi connectivity index (χ3v) is 5.22. The molecule has 0 aromatic carbocycles. The van der Waals surface area contributed by atoms with Crippen molar-refractivity contribution in [3.8, 4) is 0 Å². The molecule has 1 aliphatic heterocycles. The standard InChI is InChI=1S/C18H24F3NO4/c1-3-26-17(25)13-5-4-11(6-10(13)2)7-12-8-15(18(19,20)21)14(9-22-12)16(23)24/h9-13H,3-8H2,1-2H3,(H,23,24)/t10-,11-,12?,13+/m0/s1. The normalized spacial score (nSPS) is 29.6. The summed E-state index contributed by atoms with van der Waals surface area (Å²) in [7, 11) is 0. The van der Waals surface area contributed by atoms with Crippen molar-refractivity contribution < 1.29 is 32.6 Å². The number of ether oxygens (including phenoxy) is 1. The van der Waals surface area contributed by atoms with Crippen LogP contribution in [-0.2, 0) is 14.3 Å². The molecule has 2 rings (SSSR count). The van der Waals surface area contributed by atoms with E-state index in [9.17, 15) is 22.8 Å². The van der Waals surface area contributed by atoms with Crippen molar-refractivity contribution in [2.75, 3.05) is 6.61 Å². The van der Waals surface area contributed by atoms with Crippen molar-refractivity contribution in [3.63, 3.8) is 0 Å². The second-order valence-electron chi connectivity index (χ2n) is 7.08. The molecule has 2 aliphatic rings. The molecular weight excluding hydrogens is 351 g/mol. The summed E-state index contributed by atoms with van der Waals surface area (Å²) in [5, 5.41) is 8.95. The van der Waals surface area contributed by atoms with E-state index in [4.69, 9.17) is 9.84 Å². The lowest BCUT2D eigenvalue weighted by Crippen LogP contribution is -2.32. The van der Waals surface area contributed by atoms with Crippen LogP contribution in [0.2, 0.25) is 0 Å². The van der Waals surface area contributed by atoms with Crippen LogP contribution in [0.1, 0.15) is 46.0 Å². The topological polar surface area (TPSA) is 76.0 Å². The van der Waals surface area contributed by atoms with Crippen LogP contribution in [-0.4, -0.2) is 42.1 Å². The molecule has 0 amide bonds. The van der Waals surface area contributed by atoms with E-state index >= 15 is 0 Å². The molecule has 4 atom stereocenters. The maximum absolute atomic E-state index is 13.1. The van der Waals surface area contributed by atoms with E-state index in [0.717, 1.165) is 19.1 Å². The number of carboxylic acid groups (broad SMARTS) is 1. The Bertz CT molecular complexity index is 612. The van der Waals surface area contributed by atoms with Crippen LogP contribution in [0.15, 0.2) is 16.1 Å². The molecule has 1 heterocycles. The van der Waals surface area contributed by atoms with Gasteiger partial charge in [0.25, 0.3) is 0 Å². The molecule has 0 aromatic heterocycles. The van der Waals surface area contributed by atoms with Gasteiger partial charge in [0.2, 0.25) is 0 Å². The molecule has 0 radical (unpaired) electrons. The highest BCUT2D eigenvalue weighted by molar-refractivity contribution is 6.10. The first kappa shape index (κ1) is 20.5. The molecule has 0 aromatic rings. The quantitative estimate of drug-likeness (QED) is 0.742. The fraction of sp³-hybridized carbons (Fsp3) is 0.722. The summed E-state index contributed by atoms with van der Waals surface area (Å²) >= 11 is 0. The van der Waals surface area contributed by atoms with Crippen molar-refractivity contribution in [2.24, 2.45) is 22.7 Å². The van der Waals surface area contributed by atoms with Crippen LogP contribution < -0.4 is 0 Å². The Morgan fingerprint density at radius 3 is 2.58 bits per heavy atom. The summed E-state index contributed by atoms with van der Waals surface area (Å²) in [5.74, 6) is -1.71. The van der Waals surface area contributed by atoms with Gasteiger partial charge in [0.15, 0.2) is 0 Å². The molecule has 1 unspecified atom stereocenters. The van der Waals surface area contributed by atoms with Gasteiger partial charge in [0.05, 0.1) is 29.7 Å². The summed E-state index contributed by atoms with van der Waals surface area (Å²) < 4.78 is 44.5. The number of nitrogens with zero attached hydrogens (tertiary/aromatic N) is 1. The maximum Gasteiger partial charge on any atom is 0.413 e. The molecule has 1 saturated carbocycles. The Balaban J connectivity index is 1.98. The van der Waals surface area contributed by atoms with Gasteiger partial charge in [0.1, 0.15) is 0 Å². The minimum atomic E-state index is -4.67. The smallest absolute Gasteiger partial charge is 0.413 e. The van der Waals surface area contributed by atoms with Crippen LogP contribution in [0.25, 0.3) is 0 Å². The number of carboxylic acids is 1. The van der Waals surface area contributed by atoms with E-state index < -0.39 is 35.8 Å². The number of halogens is 3. The molecule has 1 aliphatic carbocycles. The van der Waals surface area contributed by atoms with E-state index in [2.05, 4.69) is 4.99 Å². The van der Waals surface area contributed by atoms with Crippen LogP contribution in [0.3, 0.4) is 0 Å². The predicted octanol–water partition coefficient (Wildman–Crippen LogP) is 3.78. The third kappa shape index (κ3) is 4.86. The van der Waals surface area contributed by atoms with Crippen molar-refractivity contribution in [1.29, 1.82) is 0 Å². The predicted molar refractivity (Wildman–Crippen MR) is 88.9 cm³/mol. The molecule has 5 nitrogen and oxygen atoms in total. The van der Waals surface area contributed by atoms with E-state index in [1.807, 2.05) is 6.92 Å². The van der Waals surface area contributed by atoms with Gasteiger partial charge in [-0.2, -0.15) is 13.2 Å². The molecule has 1 N–H and O–H groups in total. The summed E-state index contributed by atoms with van der Waals surface area (Å²) in [4.78, 5) is 27.0. The first-order valence-electron chi connectivity index (χ1n) is 8.86.